The number of hydrogen-bond acceptors (Lipinski definition) is 6. The van der Waals surface area contributed by atoms with Gasteiger partial charge >= 0.3 is 0 Å². The van der Waals surface area contributed by atoms with Crippen molar-refractivity contribution < 1.29 is 4.79 Å². The zero-order valence-corrected chi connectivity index (χ0v) is 11.5. The van der Waals surface area contributed by atoms with Crippen molar-refractivity contribution in [2.45, 2.75) is 0 Å². The van der Waals surface area contributed by atoms with Crippen LogP contribution in [0.2, 0.25) is 0 Å². The lowest BCUT2D eigenvalue weighted by Gasteiger charge is -2.32. The molecule has 3 heterocycles. The Balaban J connectivity index is 1.91. The molecule has 1 saturated heterocycles. The summed E-state index contributed by atoms with van der Waals surface area (Å²) in [7, 11) is 2.06. The zero-order chi connectivity index (χ0) is 13.4. The molecule has 1 fully saturated rings. The third kappa shape index (κ3) is 2.15. The number of piperazine rings is 1. The predicted molar refractivity (Wildman–Crippen MR) is 75.2 cm³/mol. The first-order chi connectivity index (χ1) is 9.16. The van der Waals surface area contributed by atoms with Crippen LogP contribution in [-0.4, -0.2) is 59.1 Å². The summed E-state index contributed by atoms with van der Waals surface area (Å²) in [5, 5.41) is 8.65. The van der Waals surface area contributed by atoms with Crippen LogP contribution in [0.5, 0.6) is 0 Å². The van der Waals surface area contributed by atoms with Crippen LogP contribution in [-0.2, 0) is 0 Å². The van der Waals surface area contributed by atoms with Gasteiger partial charge in [0.15, 0.2) is 0 Å². The number of likely N-dealkylation sites (N-methyl/N-ethyl adjacent to an activating group) is 1. The second-order valence-corrected chi connectivity index (χ2v) is 5.69. The van der Waals surface area contributed by atoms with Gasteiger partial charge in [0, 0.05) is 31.6 Å². The Morgan fingerprint density at radius 3 is 2.79 bits per heavy atom. The van der Waals surface area contributed by atoms with Gasteiger partial charge in [0.2, 0.25) is 0 Å². The Hall–Kier alpha value is -1.73. The summed E-state index contributed by atoms with van der Waals surface area (Å²) in [6, 6.07) is 1.80. The number of nitrogens with zero attached hydrogens (tertiary/aromatic N) is 4. The molecule has 6 nitrogen and oxygen atoms in total. The second-order valence-electron chi connectivity index (χ2n) is 4.69. The van der Waals surface area contributed by atoms with Crippen molar-refractivity contribution in [3.63, 3.8) is 0 Å². The summed E-state index contributed by atoms with van der Waals surface area (Å²) >= 11 is 1.32. The fraction of sp³-hybridized carbons (Fsp3) is 0.417. The van der Waals surface area contributed by atoms with Crippen LogP contribution in [0.1, 0.15) is 9.67 Å². The zero-order valence-electron chi connectivity index (χ0n) is 10.7. The molecule has 0 spiro atoms. The molecule has 0 atom stereocenters. The van der Waals surface area contributed by atoms with Gasteiger partial charge in [-0.3, -0.25) is 4.79 Å². The Labute approximate surface area is 114 Å². The van der Waals surface area contributed by atoms with Gasteiger partial charge in [-0.25, -0.2) is 0 Å². The molecule has 0 saturated carbocycles. The van der Waals surface area contributed by atoms with Gasteiger partial charge in [0.1, 0.15) is 9.71 Å². The van der Waals surface area contributed by atoms with E-state index < -0.39 is 0 Å². The van der Waals surface area contributed by atoms with Crippen LogP contribution >= 0.6 is 11.3 Å². The van der Waals surface area contributed by atoms with Crippen molar-refractivity contribution in [1.29, 1.82) is 0 Å². The lowest BCUT2D eigenvalue weighted by molar-refractivity contribution is 0.0670. The molecule has 2 N–H and O–H groups in total. The number of thiophene rings is 1. The molecule has 0 bridgehead atoms. The highest BCUT2D eigenvalue weighted by Gasteiger charge is 2.24. The minimum atomic E-state index is 0.00796. The highest BCUT2D eigenvalue weighted by Crippen LogP contribution is 2.32. The van der Waals surface area contributed by atoms with Crippen LogP contribution in [0.3, 0.4) is 0 Å². The fourth-order valence-electron chi connectivity index (χ4n) is 2.19. The van der Waals surface area contributed by atoms with E-state index in [0.29, 0.717) is 10.6 Å². The maximum atomic E-state index is 12.5. The van der Waals surface area contributed by atoms with Crippen molar-refractivity contribution in [2.24, 2.45) is 0 Å². The molecule has 3 rings (SSSR count). The average Bonchev–Trinajstić information content (AvgIpc) is 2.77. The van der Waals surface area contributed by atoms with Crippen LogP contribution in [0, 0.1) is 0 Å². The summed E-state index contributed by atoms with van der Waals surface area (Å²) in [5.74, 6) is 0.00796. The number of aromatic nitrogens is 2. The van der Waals surface area contributed by atoms with Crippen molar-refractivity contribution in [2.75, 3.05) is 39.0 Å². The van der Waals surface area contributed by atoms with E-state index in [1.165, 1.54) is 11.3 Å². The smallest absolute Gasteiger partial charge is 0.266 e. The maximum absolute atomic E-state index is 12.5. The number of rotatable bonds is 1. The van der Waals surface area contributed by atoms with Crippen LogP contribution < -0.4 is 5.73 Å². The molecule has 0 unspecified atom stereocenters. The van der Waals surface area contributed by atoms with Gasteiger partial charge < -0.3 is 15.5 Å². The van der Waals surface area contributed by atoms with Gasteiger partial charge in [-0.1, -0.05) is 0 Å². The molecule has 1 amide bonds. The third-order valence-electron chi connectivity index (χ3n) is 3.41. The quantitative estimate of drug-likeness (QED) is 0.829. The summed E-state index contributed by atoms with van der Waals surface area (Å²) in [6.45, 7) is 3.29. The first kappa shape index (κ1) is 12.3. The number of hydrogen-bond donors (Lipinski definition) is 1. The van der Waals surface area contributed by atoms with Gasteiger partial charge in [0.05, 0.1) is 11.9 Å². The molecule has 100 valence electrons. The van der Waals surface area contributed by atoms with E-state index in [4.69, 9.17) is 5.73 Å². The number of anilines is 1. The topological polar surface area (TPSA) is 75.3 Å². The van der Waals surface area contributed by atoms with E-state index in [1.54, 1.807) is 12.3 Å². The number of carbonyl (C=O) groups excluding carboxylic acids is 1. The average molecular weight is 277 g/mol. The van der Waals surface area contributed by atoms with E-state index in [2.05, 4.69) is 22.1 Å². The second kappa shape index (κ2) is 4.75. The molecule has 2 aromatic rings. The van der Waals surface area contributed by atoms with E-state index in [-0.39, 0.29) is 5.91 Å². The van der Waals surface area contributed by atoms with Crippen molar-refractivity contribution >= 4 is 33.1 Å². The largest absolute Gasteiger partial charge is 0.397 e. The Bertz CT molecular complexity index is 618. The van der Waals surface area contributed by atoms with E-state index >= 15 is 0 Å². The fourth-order valence-corrected chi connectivity index (χ4v) is 3.19. The Morgan fingerprint density at radius 1 is 1.37 bits per heavy atom. The van der Waals surface area contributed by atoms with Gasteiger partial charge in [0.25, 0.3) is 5.91 Å². The van der Waals surface area contributed by atoms with Gasteiger partial charge in [-0.05, 0) is 13.1 Å². The van der Waals surface area contributed by atoms with Crippen molar-refractivity contribution in [3.8, 4) is 0 Å². The van der Waals surface area contributed by atoms with Gasteiger partial charge in [-0.15, -0.1) is 16.4 Å². The lowest BCUT2D eigenvalue weighted by atomic mass is 10.2. The summed E-state index contributed by atoms with van der Waals surface area (Å²) in [6.07, 6.45) is 1.59. The number of nitrogen functional groups attached to an aromatic ring is 1. The SMILES string of the molecule is CN1CCN(C(=O)c2sc3nnccc3c2N)CC1. The van der Waals surface area contributed by atoms with Crippen LogP contribution in [0.15, 0.2) is 12.3 Å². The minimum Gasteiger partial charge on any atom is -0.397 e. The molecule has 0 radical (unpaired) electrons. The molecule has 1 aliphatic rings. The first-order valence-corrected chi connectivity index (χ1v) is 6.96. The third-order valence-corrected chi connectivity index (χ3v) is 4.50. The predicted octanol–water partition coefficient (Wildman–Crippen LogP) is 0.661. The maximum Gasteiger partial charge on any atom is 0.266 e. The molecule has 7 heteroatoms. The lowest BCUT2D eigenvalue weighted by Crippen LogP contribution is -2.47. The summed E-state index contributed by atoms with van der Waals surface area (Å²) < 4.78 is 0. The minimum absolute atomic E-state index is 0.00796. The standard InChI is InChI=1S/C12H15N5OS/c1-16-4-6-17(7-5-16)12(18)10-9(13)8-2-3-14-15-11(8)19-10/h2-3H,4-7,13H2,1H3. The van der Waals surface area contributed by atoms with E-state index in [0.717, 1.165) is 36.4 Å². The number of amides is 1. The van der Waals surface area contributed by atoms with E-state index in [9.17, 15) is 4.79 Å². The van der Waals surface area contributed by atoms with Crippen molar-refractivity contribution in [1.82, 2.24) is 20.0 Å². The van der Waals surface area contributed by atoms with Crippen molar-refractivity contribution in [3.05, 3.63) is 17.1 Å². The highest BCUT2D eigenvalue weighted by molar-refractivity contribution is 7.21. The highest BCUT2D eigenvalue weighted by atomic mass is 32.1. The molecular weight excluding hydrogens is 262 g/mol. The Kier molecular flexibility index (Phi) is 3.08. The monoisotopic (exact) mass is 277 g/mol. The molecule has 1 aliphatic heterocycles. The normalized spacial score (nSPS) is 17.0. The Morgan fingerprint density at radius 2 is 2.11 bits per heavy atom. The van der Waals surface area contributed by atoms with Gasteiger partial charge in [-0.2, -0.15) is 5.10 Å². The molecule has 19 heavy (non-hydrogen) atoms. The molecule has 2 aromatic heterocycles. The van der Waals surface area contributed by atoms with Crippen LogP contribution in [0.25, 0.3) is 10.2 Å². The number of nitrogens with two attached hydrogens (primary N) is 1. The number of carbonyl (C=O) groups is 1. The summed E-state index contributed by atoms with van der Waals surface area (Å²) in [4.78, 5) is 17.9. The molecule has 0 aromatic carbocycles. The molecular formula is C12H15N5OS. The summed E-state index contributed by atoms with van der Waals surface area (Å²) in [5.41, 5.74) is 6.59. The number of fused-ring (bicyclic) bond motifs is 1. The van der Waals surface area contributed by atoms with E-state index in [1.807, 2.05) is 4.90 Å². The first-order valence-electron chi connectivity index (χ1n) is 6.14. The molecule has 0 aliphatic carbocycles. The van der Waals surface area contributed by atoms with Crippen LogP contribution in [0.4, 0.5) is 5.69 Å².